The third-order valence-corrected chi connectivity index (χ3v) is 3.72. The van der Waals surface area contributed by atoms with E-state index in [9.17, 15) is 9.59 Å². The van der Waals surface area contributed by atoms with Crippen molar-refractivity contribution in [1.29, 1.82) is 0 Å². The zero-order valence-electron chi connectivity index (χ0n) is 13.1. The molecule has 3 aromatic carbocycles. The van der Waals surface area contributed by atoms with E-state index in [1.807, 2.05) is 42.5 Å². The molecule has 6 heteroatoms. The SMILES string of the molecule is O=C(N/N=C\c1cccc2ccccc12)C(=O)Nc1cccc(Cl)c1. The van der Waals surface area contributed by atoms with Crippen LogP contribution in [0.15, 0.2) is 71.8 Å². The number of carbonyl (C=O) groups is 2. The van der Waals surface area contributed by atoms with Crippen LogP contribution in [0.5, 0.6) is 0 Å². The molecule has 0 bridgehead atoms. The molecule has 0 unspecified atom stereocenters. The van der Waals surface area contributed by atoms with Gasteiger partial charge in [-0.05, 0) is 29.0 Å². The third-order valence-electron chi connectivity index (χ3n) is 3.48. The first-order chi connectivity index (χ1) is 12.1. The van der Waals surface area contributed by atoms with Gasteiger partial charge < -0.3 is 5.32 Å². The number of rotatable bonds is 3. The van der Waals surface area contributed by atoms with Gasteiger partial charge in [-0.15, -0.1) is 0 Å². The van der Waals surface area contributed by atoms with Crippen molar-refractivity contribution in [3.63, 3.8) is 0 Å². The molecule has 0 aliphatic heterocycles. The van der Waals surface area contributed by atoms with Gasteiger partial charge in [-0.3, -0.25) is 9.59 Å². The standard InChI is InChI=1S/C19H14ClN3O2/c20-15-8-4-9-16(11-15)22-18(24)19(25)23-21-12-14-7-3-6-13-5-1-2-10-17(13)14/h1-12H,(H,22,24)(H,23,25)/b21-12-. The minimum atomic E-state index is -0.864. The van der Waals surface area contributed by atoms with Crippen LogP contribution in [0.1, 0.15) is 5.56 Å². The van der Waals surface area contributed by atoms with Gasteiger partial charge >= 0.3 is 11.8 Å². The zero-order valence-corrected chi connectivity index (χ0v) is 13.8. The molecule has 0 spiro atoms. The number of nitrogens with one attached hydrogen (secondary N) is 2. The molecule has 0 atom stereocenters. The van der Waals surface area contributed by atoms with Crippen molar-refractivity contribution in [1.82, 2.24) is 5.43 Å². The second kappa shape index (κ2) is 7.59. The largest absolute Gasteiger partial charge is 0.329 e. The highest BCUT2D eigenvalue weighted by atomic mass is 35.5. The molecule has 3 rings (SSSR count). The molecule has 0 aromatic heterocycles. The summed E-state index contributed by atoms with van der Waals surface area (Å²) >= 11 is 5.83. The Bertz CT molecular complexity index is 964. The molecule has 25 heavy (non-hydrogen) atoms. The van der Waals surface area contributed by atoms with Gasteiger partial charge in [-0.25, -0.2) is 5.43 Å². The number of nitrogens with zero attached hydrogens (tertiary/aromatic N) is 1. The Morgan fingerprint density at radius 3 is 2.52 bits per heavy atom. The first kappa shape index (κ1) is 16.7. The fraction of sp³-hybridized carbons (Fsp3) is 0. The Balaban J connectivity index is 1.65. The van der Waals surface area contributed by atoms with E-state index < -0.39 is 11.8 Å². The topological polar surface area (TPSA) is 70.6 Å². The van der Waals surface area contributed by atoms with E-state index in [1.54, 1.807) is 24.3 Å². The molecule has 2 amide bonds. The number of halogens is 1. The second-order valence-corrected chi connectivity index (χ2v) is 5.67. The van der Waals surface area contributed by atoms with Gasteiger partial charge in [0, 0.05) is 16.3 Å². The van der Waals surface area contributed by atoms with E-state index in [1.165, 1.54) is 6.21 Å². The summed E-state index contributed by atoms with van der Waals surface area (Å²) in [7, 11) is 0. The number of fused-ring (bicyclic) bond motifs is 1. The van der Waals surface area contributed by atoms with Gasteiger partial charge in [0.05, 0.1) is 6.21 Å². The molecule has 0 aliphatic rings. The summed E-state index contributed by atoms with van der Waals surface area (Å²) in [5.74, 6) is -1.69. The first-order valence-electron chi connectivity index (χ1n) is 7.51. The fourth-order valence-corrected chi connectivity index (χ4v) is 2.52. The number of anilines is 1. The van der Waals surface area contributed by atoms with Crippen LogP contribution >= 0.6 is 11.6 Å². The van der Waals surface area contributed by atoms with Gasteiger partial charge in [-0.1, -0.05) is 60.1 Å². The molecule has 0 aliphatic carbocycles. The third kappa shape index (κ3) is 4.22. The van der Waals surface area contributed by atoms with E-state index in [0.29, 0.717) is 10.7 Å². The lowest BCUT2D eigenvalue weighted by molar-refractivity contribution is -0.136. The van der Waals surface area contributed by atoms with Gasteiger partial charge in [0.25, 0.3) is 0 Å². The average molecular weight is 352 g/mol. The van der Waals surface area contributed by atoms with Crippen molar-refractivity contribution in [3.8, 4) is 0 Å². The predicted octanol–water partition coefficient (Wildman–Crippen LogP) is 3.58. The van der Waals surface area contributed by atoms with Crippen LogP contribution in [0, 0.1) is 0 Å². The number of benzene rings is 3. The Morgan fingerprint density at radius 2 is 1.68 bits per heavy atom. The van der Waals surface area contributed by atoms with Crippen molar-refractivity contribution in [3.05, 3.63) is 77.3 Å². The summed E-state index contributed by atoms with van der Waals surface area (Å²) in [6.45, 7) is 0. The van der Waals surface area contributed by atoms with Crippen LogP contribution in [0.2, 0.25) is 5.02 Å². The second-order valence-electron chi connectivity index (χ2n) is 5.23. The number of carbonyl (C=O) groups excluding carboxylic acids is 2. The van der Waals surface area contributed by atoms with Gasteiger partial charge in [-0.2, -0.15) is 5.10 Å². The normalized spacial score (nSPS) is 10.8. The molecule has 5 nitrogen and oxygen atoms in total. The van der Waals surface area contributed by atoms with Crippen LogP contribution in [-0.4, -0.2) is 18.0 Å². The van der Waals surface area contributed by atoms with Crippen LogP contribution < -0.4 is 10.7 Å². The highest BCUT2D eigenvalue weighted by Gasteiger charge is 2.12. The van der Waals surface area contributed by atoms with Crippen molar-refractivity contribution >= 4 is 46.1 Å². The monoisotopic (exact) mass is 351 g/mol. The van der Waals surface area contributed by atoms with Crippen molar-refractivity contribution in [2.45, 2.75) is 0 Å². The van der Waals surface area contributed by atoms with Crippen LogP contribution in [0.25, 0.3) is 10.8 Å². The molecule has 3 aromatic rings. The highest BCUT2D eigenvalue weighted by Crippen LogP contribution is 2.17. The molecule has 0 saturated heterocycles. The smallest absolute Gasteiger partial charge is 0.318 e. The lowest BCUT2D eigenvalue weighted by Crippen LogP contribution is -2.32. The number of hydrogen-bond acceptors (Lipinski definition) is 3. The number of hydrogen-bond donors (Lipinski definition) is 2. The highest BCUT2D eigenvalue weighted by molar-refractivity contribution is 6.39. The Morgan fingerprint density at radius 1 is 0.920 bits per heavy atom. The Kier molecular flexibility index (Phi) is 5.06. The Labute approximate surface area is 149 Å². The molecule has 0 fully saturated rings. The molecule has 0 radical (unpaired) electrons. The van der Waals surface area contributed by atoms with E-state index in [4.69, 9.17) is 11.6 Å². The van der Waals surface area contributed by atoms with E-state index in [-0.39, 0.29) is 0 Å². The summed E-state index contributed by atoms with van der Waals surface area (Å²) in [4.78, 5) is 23.7. The fourth-order valence-electron chi connectivity index (χ4n) is 2.33. The molecule has 0 heterocycles. The maximum Gasteiger partial charge on any atom is 0.329 e. The minimum absolute atomic E-state index is 0.436. The molecular weight excluding hydrogens is 338 g/mol. The van der Waals surface area contributed by atoms with Crippen LogP contribution in [0.3, 0.4) is 0 Å². The average Bonchev–Trinajstić information content (AvgIpc) is 2.62. The lowest BCUT2D eigenvalue weighted by atomic mass is 10.1. The molecule has 0 saturated carbocycles. The van der Waals surface area contributed by atoms with Crippen molar-refractivity contribution in [2.75, 3.05) is 5.32 Å². The molecule has 2 N–H and O–H groups in total. The lowest BCUT2D eigenvalue weighted by Gasteiger charge is -2.04. The number of hydrazone groups is 1. The van der Waals surface area contributed by atoms with Crippen molar-refractivity contribution in [2.24, 2.45) is 5.10 Å². The Hall–Kier alpha value is -3.18. The summed E-state index contributed by atoms with van der Waals surface area (Å²) in [6.07, 6.45) is 1.51. The summed E-state index contributed by atoms with van der Waals surface area (Å²) in [6, 6.07) is 20.1. The van der Waals surface area contributed by atoms with Gasteiger partial charge in [0.15, 0.2) is 0 Å². The predicted molar refractivity (Wildman–Crippen MR) is 99.8 cm³/mol. The summed E-state index contributed by atoms with van der Waals surface area (Å²) in [5.41, 5.74) is 3.49. The summed E-state index contributed by atoms with van der Waals surface area (Å²) in [5, 5.41) is 8.85. The maximum atomic E-state index is 11.8. The van der Waals surface area contributed by atoms with E-state index in [0.717, 1.165) is 16.3 Å². The summed E-state index contributed by atoms with van der Waals surface area (Å²) < 4.78 is 0. The number of amides is 2. The zero-order chi connectivity index (χ0) is 17.6. The minimum Gasteiger partial charge on any atom is -0.318 e. The first-order valence-corrected chi connectivity index (χ1v) is 7.89. The van der Waals surface area contributed by atoms with Gasteiger partial charge in [0.1, 0.15) is 0 Å². The molecular formula is C19H14ClN3O2. The quantitative estimate of drug-likeness (QED) is 0.430. The van der Waals surface area contributed by atoms with Crippen LogP contribution in [0.4, 0.5) is 5.69 Å². The molecule has 124 valence electrons. The van der Waals surface area contributed by atoms with Gasteiger partial charge in [0.2, 0.25) is 0 Å². The van der Waals surface area contributed by atoms with Crippen LogP contribution in [-0.2, 0) is 9.59 Å². The van der Waals surface area contributed by atoms with E-state index >= 15 is 0 Å². The maximum absolute atomic E-state index is 11.8. The van der Waals surface area contributed by atoms with E-state index in [2.05, 4.69) is 15.8 Å². The van der Waals surface area contributed by atoms with Crippen molar-refractivity contribution < 1.29 is 9.59 Å².